The molecule has 0 spiro atoms. The van der Waals surface area contributed by atoms with Crippen LogP contribution in [0.25, 0.3) is 11.2 Å². The molecule has 0 saturated carbocycles. The SMILES string of the molecule is CC(C)(C)OC(=O)n1ccc2nc(S(=O)(=O)N[C@H](c3ccc(F)cc3)C(F)(F)F)cnc21. The minimum Gasteiger partial charge on any atom is -0.443 e. The molecule has 0 aliphatic rings. The lowest BCUT2D eigenvalue weighted by Gasteiger charge is -2.21. The van der Waals surface area contributed by atoms with Crippen LogP contribution >= 0.6 is 0 Å². The maximum absolute atomic E-state index is 13.5. The van der Waals surface area contributed by atoms with Gasteiger partial charge in [-0.2, -0.15) is 17.9 Å². The molecule has 0 aliphatic heterocycles. The van der Waals surface area contributed by atoms with Crippen LogP contribution in [-0.4, -0.2) is 40.8 Å². The van der Waals surface area contributed by atoms with Crippen molar-refractivity contribution < 1.29 is 35.5 Å². The van der Waals surface area contributed by atoms with Crippen LogP contribution in [-0.2, 0) is 14.8 Å². The van der Waals surface area contributed by atoms with Crippen LogP contribution in [0.3, 0.4) is 0 Å². The standard InChI is InChI=1S/C19H18F4N4O4S/c1-18(2,3)31-17(28)27-9-8-13-16(27)24-10-14(25-13)32(29,30)26-15(19(21,22)23)11-4-6-12(20)7-5-11/h4-10,15,26H,1-3H3/t15-/m1/s1. The summed E-state index contributed by atoms with van der Waals surface area (Å²) in [6, 6.07) is 1.85. The van der Waals surface area contributed by atoms with Crippen LogP contribution in [0.2, 0.25) is 0 Å². The maximum atomic E-state index is 13.5. The molecule has 0 bridgehead atoms. The zero-order valence-electron chi connectivity index (χ0n) is 17.0. The average Bonchev–Trinajstić information content (AvgIpc) is 3.08. The number of aromatic nitrogens is 3. The molecule has 3 rings (SSSR count). The Balaban J connectivity index is 1.94. The molecule has 2 heterocycles. The molecule has 172 valence electrons. The number of fused-ring (bicyclic) bond motifs is 1. The van der Waals surface area contributed by atoms with Crippen molar-refractivity contribution >= 4 is 27.3 Å². The van der Waals surface area contributed by atoms with Gasteiger partial charge in [0.1, 0.15) is 23.0 Å². The Kier molecular flexibility index (Phi) is 6.00. The van der Waals surface area contributed by atoms with E-state index in [4.69, 9.17) is 4.74 Å². The van der Waals surface area contributed by atoms with Gasteiger partial charge in [-0.1, -0.05) is 12.1 Å². The number of alkyl halides is 3. The molecule has 2 aromatic heterocycles. The van der Waals surface area contributed by atoms with Crippen molar-refractivity contribution in [3.8, 4) is 0 Å². The molecule has 1 aromatic carbocycles. The molecule has 0 amide bonds. The molecule has 0 unspecified atom stereocenters. The molecule has 13 heteroatoms. The van der Waals surface area contributed by atoms with Gasteiger partial charge in [0.05, 0.1) is 6.20 Å². The fourth-order valence-corrected chi connectivity index (χ4v) is 3.79. The first-order valence-corrected chi connectivity index (χ1v) is 10.6. The van der Waals surface area contributed by atoms with E-state index in [9.17, 15) is 30.8 Å². The number of halogens is 4. The fourth-order valence-electron chi connectivity index (χ4n) is 2.68. The van der Waals surface area contributed by atoms with E-state index in [1.54, 1.807) is 20.8 Å². The number of sulfonamides is 1. The smallest absolute Gasteiger partial charge is 0.420 e. The summed E-state index contributed by atoms with van der Waals surface area (Å²) >= 11 is 0. The molecule has 0 radical (unpaired) electrons. The summed E-state index contributed by atoms with van der Waals surface area (Å²) in [6.45, 7) is 4.95. The third-order valence-corrected chi connectivity index (χ3v) is 5.33. The number of hydrogen-bond donors (Lipinski definition) is 1. The second-order valence-electron chi connectivity index (χ2n) is 7.73. The van der Waals surface area contributed by atoms with Gasteiger partial charge in [0.15, 0.2) is 10.7 Å². The Morgan fingerprint density at radius 2 is 1.75 bits per heavy atom. The quantitative estimate of drug-likeness (QED) is 0.575. The molecule has 0 saturated heterocycles. The molecule has 1 N–H and O–H groups in total. The lowest BCUT2D eigenvalue weighted by Crippen LogP contribution is -2.38. The summed E-state index contributed by atoms with van der Waals surface area (Å²) < 4.78 is 86.6. The van der Waals surface area contributed by atoms with E-state index >= 15 is 0 Å². The van der Waals surface area contributed by atoms with E-state index in [1.165, 1.54) is 17.0 Å². The Labute approximate surface area is 180 Å². The molecule has 32 heavy (non-hydrogen) atoms. The van der Waals surface area contributed by atoms with Crippen LogP contribution in [0.15, 0.2) is 47.8 Å². The Morgan fingerprint density at radius 1 is 1.12 bits per heavy atom. The van der Waals surface area contributed by atoms with Gasteiger partial charge >= 0.3 is 12.3 Å². The van der Waals surface area contributed by atoms with E-state index in [2.05, 4.69) is 9.97 Å². The summed E-state index contributed by atoms with van der Waals surface area (Å²) in [5.74, 6) is -0.775. The zero-order valence-corrected chi connectivity index (χ0v) is 17.8. The summed E-state index contributed by atoms with van der Waals surface area (Å²) in [4.78, 5) is 19.9. The molecule has 0 aliphatic carbocycles. The minimum atomic E-state index is -5.01. The summed E-state index contributed by atoms with van der Waals surface area (Å²) in [7, 11) is -4.79. The van der Waals surface area contributed by atoms with Crippen LogP contribution in [0, 0.1) is 5.82 Å². The lowest BCUT2D eigenvalue weighted by atomic mass is 10.1. The Hall–Kier alpha value is -3.06. The highest BCUT2D eigenvalue weighted by atomic mass is 32.2. The predicted molar refractivity (Wildman–Crippen MR) is 105 cm³/mol. The van der Waals surface area contributed by atoms with E-state index in [-0.39, 0.29) is 11.2 Å². The molecule has 3 aromatic rings. The van der Waals surface area contributed by atoms with E-state index < -0.39 is 50.3 Å². The summed E-state index contributed by atoms with van der Waals surface area (Å²) in [5, 5.41) is -0.789. The number of nitrogens with zero attached hydrogens (tertiary/aromatic N) is 3. The topological polar surface area (TPSA) is 103 Å². The number of carbonyl (C=O) groups is 1. The largest absolute Gasteiger partial charge is 0.443 e. The first-order valence-electron chi connectivity index (χ1n) is 9.09. The van der Waals surface area contributed by atoms with Gasteiger partial charge in [-0.25, -0.2) is 32.1 Å². The van der Waals surface area contributed by atoms with E-state index in [0.29, 0.717) is 0 Å². The van der Waals surface area contributed by atoms with Crippen molar-refractivity contribution in [1.82, 2.24) is 19.3 Å². The number of nitrogens with one attached hydrogen (secondary N) is 1. The molecule has 1 atom stereocenters. The first kappa shape index (κ1) is 23.6. The highest BCUT2D eigenvalue weighted by molar-refractivity contribution is 7.89. The number of benzene rings is 1. The number of rotatable bonds is 4. The number of ether oxygens (including phenoxy) is 1. The van der Waals surface area contributed by atoms with Crippen LogP contribution in [0.5, 0.6) is 0 Å². The van der Waals surface area contributed by atoms with Gasteiger partial charge in [-0.15, -0.1) is 0 Å². The predicted octanol–water partition coefficient (Wildman–Crippen LogP) is 3.94. The van der Waals surface area contributed by atoms with Crippen LogP contribution < -0.4 is 4.72 Å². The van der Waals surface area contributed by atoms with Gasteiger partial charge in [-0.3, -0.25) is 0 Å². The molecular weight excluding hydrogens is 456 g/mol. The van der Waals surface area contributed by atoms with Gasteiger partial charge < -0.3 is 4.74 Å². The second-order valence-corrected chi connectivity index (χ2v) is 9.39. The van der Waals surface area contributed by atoms with E-state index in [1.807, 2.05) is 0 Å². The lowest BCUT2D eigenvalue weighted by molar-refractivity contribution is -0.153. The van der Waals surface area contributed by atoms with Gasteiger partial charge in [-0.05, 0) is 44.5 Å². The van der Waals surface area contributed by atoms with Gasteiger partial charge in [0.2, 0.25) is 0 Å². The second kappa shape index (κ2) is 8.13. The van der Waals surface area contributed by atoms with Crippen LogP contribution in [0.1, 0.15) is 32.4 Å². The highest BCUT2D eigenvalue weighted by Gasteiger charge is 2.44. The van der Waals surface area contributed by atoms with E-state index in [0.717, 1.165) is 35.0 Å². The third kappa shape index (κ3) is 5.22. The summed E-state index contributed by atoms with van der Waals surface area (Å²) in [6.07, 6.45) is -3.82. The Morgan fingerprint density at radius 3 is 2.31 bits per heavy atom. The van der Waals surface area contributed by atoms with Crippen molar-refractivity contribution in [3.05, 3.63) is 54.1 Å². The van der Waals surface area contributed by atoms with Crippen molar-refractivity contribution in [2.24, 2.45) is 0 Å². The minimum absolute atomic E-state index is 0.0379. The highest BCUT2D eigenvalue weighted by Crippen LogP contribution is 2.34. The van der Waals surface area contributed by atoms with Crippen molar-refractivity contribution in [2.75, 3.05) is 0 Å². The normalized spacial score (nSPS) is 13.8. The van der Waals surface area contributed by atoms with Crippen molar-refractivity contribution in [3.63, 3.8) is 0 Å². The number of hydrogen-bond acceptors (Lipinski definition) is 6. The maximum Gasteiger partial charge on any atom is 0.420 e. The fraction of sp³-hybridized carbons (Fsp3) is 0.316. The number of carbonyl (C=O) groups excluding carboxylic acids is 1. The monoisotopic (exact) mass is 474 g/mol. The van der Waals surface area contributed by atoms with Gasteiger partial charge in [0, 0.05) is 6.20 Å². The zero-order chi connectivity index (χ0) is 23.9. The molecule has 0 fully saturated rings. The first-order chi connectivity index (χ1) is 14.7. The summed E-state index contributed by atoms with van der Waals surface area (Å²) in [5.41, 5.74) is -1.40. The van der Waals surface area contributed by atoms with Crippen molar-refractivity contribution in [1.29, 1.82) is 0 Å². The molecule has 8 nitrogen and oxygen atoms in total. The molecular formula is C19H18F4N4O4S. The average molecular weight is 474 g/mol. The van der Waals surface area contributed by atoms with Gasteiger partial charge in [0.25, 0.3) is 10.0 Å². The van der Waals surface area contributed by atoms with Crippen molar-refractivity contribution in [2.45, 2.75) is 43.6 Å². The van der Waals surface area contributed by atoms with Crippen LogP contribution in [0.4, 0.5) is 22.4 Å². The third-order valence-electron chi connectivity index (χ3n) is 4.04. The Bertz CT molecular complexity index is 1250.